The van der Waals surface area contributed by atoms with E-state index in [1.807, 2.05) is 24.3 Å². The van der Waals surface area contributed by atoms with Crippen LogP contribution in [0.3, 0.4) is 0 Å². The summed E-state index contributed by atoms with van der Waals surface area (Å²) in [4.78, 5) is 15.4. The van der Waals surface area contributed by atoms with E-state index in [0.717, 1.165) is 15.7 Å². The van der Waals surface area contributed by atoms with Crippen LogP contribution in [0.2, 0.25) is 0 Å². The van der Waals surface area contributed by atoms with Gasteiger partial charge in [0, 0.05) is 10.0 Å². The normalized spacial score (nSPS) is 10.9. The average Bonchev–Trinajstić information content (AvgIpc) is 2.78. The average molecular weight is 332 g/mol. The van der Waals surface area contributed by atoms with Crippen LogP contribution in [0.15, 0.2) is 40.9 Å². The van der Waals surface area contributed by atoms with Crippen molar-refractivity contribution in [1.82, 2.24) is 14.6 Å². The topological polar surface area (TPSA) is 67.5 Å². The molecule has 0 atom stereocenters. The monoisotopic (exact) mass is 331 g/mol. The molecule has 6 heteroatoms. The van der Waals surface area contributed by atoms with Crippen molar-refractivity contribution in [3.8, 4) is 11.3 Å². The van der Waals surface area contributed by atoms with Crippen LogP contribution in [0.1, 0.15) is 16.2 Å². The number of fused-ring (bicyclic) bond motifs is 1. The zero-order chi connectivity index (χ0) is 14.3. The van der Waals surface area contributed by atoms with Crippen LogP contribution in [0.5, 0.6) is 0 Å². The number of hydrogen-bond acceptors (Lipinski definition) is 3. The van der Waals surface area contributed by atoms with Crippen LogP contribution in [0, 0.1) is 6.92 Å². The lowest BCUT2D eigenvalue weighted by Crippen LogP contribution is -2.03. The Labute approximate surface area is 123 Å². The summed E-state index contributed by atoms with van der Waals surface area (Å²) in [6, 6.07) is 11.0. The molecular formula is C14H10BrN3O2. The molecule has 0 bridgehead atoms. The first-order chi connectivity index (χ1) is 9.56. The molecule has 20 heavy (non-hydrogen) atoms. The number of carboxylic acid groups (broad SMARTS) is 1. The Bertz CT molecular complexity index is 826. The first-order valence-electron chi connectivity index (χ1n) is 5.92. The Morgan fingerprint density at radius 1 is 1.30 bits per heavy atom. The van der Waals surface area contributed by atoms with Crippen LogP contribution in [0.4, 0.5) is 0 Å². The number of aryl methyl sites for hydroxylation is 1. The molecule has 3 aromatic rings. The fourth-order valence-corrected chi connectivity index (χ4v) is 2.50. The maximum absolute atomic E-state index is 11.2. The van der Waals surface area contributed by atoms with Gasteiger partial charge < -0.3 is 5.11 Å². The Hall–Kier alpha value is -2.21. The van der Waals surface area contributed by atoms with Gasteiger partial charge in [0.1, 0.15) is 11.4 Å². The van der Waals surface area contributed by atoms with Crippen LogP contribution >= 0.6 is 15.9 Å². The predicted octanol–water partition coefficient (Wildman–Crippen LogP) is 3.17. The number of rotatable bonds is 2. The molecule has 0 fully saturated rings. The number of halogens is 1. The van der Waals surface area contributed by atoms with Crippen molar-refractivity contribution in [3.63, 3.8) is 0 Å². The van der Waals surface area contributed by atoms with Gasteiger partial charge in [-0.05, 0) is 31.2 Å². The summed E-state index contributed by atoms with van der Waals surface area (Å²) in [5.74, 6) is -0.474. The zero-order valence-corrected chi connectivity index (χ0v) is 12.1. The molecule has 2 heterocycles. The molecule has 1 N–H and O–H groups in total. The Morgan fingerprint density at radius 3 is 2.80 bits per heavy atom. The first kappa shape index (κ1) is 12.8. The SMILES string of the molecule is Cc1nc2c(C(=O)O)ccc(-c3cccc(Br)c3)n2n1. The van der Waals surface area contributed by atoms with Crippen molar-refractivity contribution in [1.29, 1.82) is 0 Å². The first-order valence-corrected chi connectivity index (χ1v) is 6.71. The van der Waals surface area contributed by atoms with Gasteiger partial charge in [0.2, 0.25) is 0 Å². The molecule has 0 radical (unpaired) electrons. The van der Waals surface area contributed by atoms with Gasteiger partial charge in [0.25, 0.3) is 0 Å². The summed E-state index contributed by atoms with van der Waals surface area (Å²) in [6.45, 7) is 1.74. The molecule has 0 aliphatic heterocycles. The van der Waals surface area contributed by atoms with E-state index < -0.39 is 5.97 Å². The predicted molar refractivity (Wildman–Crippen MR) is 77.8 cm³/mol. The molecule has 0 unspecified atom stereocenters. The van der Waals surface area contributed by atoms with E-state index in [4.69, 9.17) is 0 Å². The van der Waals surface area contributed by atoms with Crippen molar-refractivity contribution in [2.24, 2.45) is 0 Å². The molecule has 5 nitrogen and oxygen atoms in total. The van der Waals surface area contributed by atoms with Gasteiger partial charge in [0.15, 0.2) is 5.65 Å². The van der Waals surface area contributed by atoms with Gasteiger partial charge >= 0.3 is 5.97 Å². The second-order valence-electron chi connectivity index (χ2n) is 4.34. The van der Waals surface area contributed by atoms with Crippen LogP contribution < -0.4 is 0 Å². The number of nitrogens with zero attached hydrogens (tertiary/aromatic N) is 3. The van der Waals surface area contributed by atoms with Crippen molar-refractivity contribution in [2.45, 2.75) is 6.92 Å². The lowest BCUT2D eigenvalue weighted by atomic mass is 10.1. The Morgan fingerprint density at radius 2 is 2.10 bits per heavy atom. The summed E-state index contributed by atoms with van der Waals surface area (Å²) < 4.78 is 2.52. The van der Waals surface area contributed by atoms with E-state index in [9.17, 15) is 9.90 Å². The maximum Gasteiger partial charge on any atom is 0.339 e. The minimum absolute atomic E-state index is 0.143. The number of pyridine rings is 1. The molecule has 0 amide bonds. The summed E-state index contributed by atoms with van der Waals surface area (Å²) in [6.07, 6.45) is 0. The van der Waals surface area contributed by atoms with E-state index in [1.54, 1.807) is 23.6 Å². The van der Waals surface area contributed by atoms with Gasteiger partial charge in [-0.15, -0.1) is 0 Å². The largest absolute Gasteiger partial charge is 0.478 e. The highest BCUT2D eigenvalue weighted by Gasteiger charge is 2.15. The van der Waals surface area contributed by atoms with Crippen LogP contribution in [-0.4, -0.2) is 25.7 Å². The second-order valence-corrected chi connectivity index (χ2v) is 5.26. The van der Waals surface area contributed by atoms with E-state index in [-0.39, 0.29) is 5.56 Å². The molecule has 100 valence electrons. The minimum Gasteiger partial charge on any atom is -0.478 e. The lowest BCUT2D eigenvalue weighted by molar-refractivity contribution is 0.0698. The third-order valence-corrected chi connectivity index (χ3v) is 3.43. The highest BCUT2D eigenvalue weighted by atomic mass is 79.9. The summed E-state index contributed by atoms with van der Waals surface area (Å²) in [5.41, 5.74) is 2.23. The molecule has 0 saturated carbocycles. The zero-order valence-electron chi connectivity index (χ0n) is 10.5. The smallest absolute Gasteiger partial charge is 0.339 e. The highest BCUT2D eigenvalue weighted by molar-refractivity contribution is 9.10. The fourth-order valence-electron chi connectivity index (χ4n) is 2.10. The van der Waals surface area contributed by atoms with E-state index in [2.05, 4.69) is 26.0 Å². The molecule has 0 saturated heterocycles. The number of carbonyl (C=O) groups is 1. The van der Waals surface area contributed by atoms with Crippen LogP contribution in [0.25, 0.3) is 16.9 Å². The van der Waals surface area contributed by atoms with Crippen molar-refractivity contribution in [3.05, 3.63) is 52.3 Å². The Kier molecular flexibility index (Phi) is 3.02. The number of carboxylic acids is 1. The van der Waals surface area contributed by atoms with Gasteiger partial charge in [-0.3, -0.25) is 0 Å². The van der Waals surface area contributed by atoms with Gasteiger partial charge in [-0.25, -0.2) is 14.3 Å². The summed E-state index contributed by atoms with van der Waals surface area (Å²) in [7, 11) is 0. The van der Waals surface area contributed by atoms with E-state index in [1.165, 1.54) is 0 Å². The highest BCUT2D eigenvalue weighted by Crippen LogP contribution is 2.25. The summed E-state index contributed by atoms with van der Waals surface area (Å²) >= 11 is 3.43. The quantitative estimate of drug-likeness (QED) is 0.783. The van der Waals surface area contributed by atoms with E-state index in [0.29, 0.717) is 11.5 Å². The second kappa shape index (κ2) is 4.72. The Balaban J connectivity index is 2.33. The number of aromatic carboxylic acids is 1. The van der Waals surface area contributed by atoms with Crippen LogP contribution in [-0.2, 0) is 0 Å². The fraction of sp³-hybridized carbons (Fsp3) is 0.0714. The molecule has 0 aliphatic carbocycles. The number of hydrogen-bond donors (Lipinski definition) is 1. The molecule has 0 spiro atoms. The van der Waals surface area contributed by atoms with Crippen molar-refractivity contribution >= 4 is 27.5 Å². The molecule has 1 aromatic carbocycles. The molecular weight excluding hydrogens is 322 g/mol. The van der Waals surface area contributed by atoms with Gasteiger partial charge in [-0.1, -0.05) is 28.1 Å². The number of aromatic nitrogens is 3. The van der Waals surface area contributed by atoms with Crippen molar-refractivity contribution in [2.75, 3.05) is 0 Å². The maximum atomic E-state index is 11.2. The standard InChI is InChI=1S/C14H10BrN3O2/c1-8-16-13-11(14(19)20)5-6-12(18(13)17-8)9-3-2-4-10(15)7-9/h2-7H,1H3,(H,19,20). The number of benzene rings is 1. The lowest BCUT2D eigenvalue weighted by Gasteiger charge is -2.06. The minimum atomic E-state index is -1.01. The third-order valence-electron chi connectivity index (χ3n) is 2.94. The molecule has 0 aliphatic rings. The van der Waals surface area contributed by atoms with Gasteiger partial charge in [0.05, 0.1) is 5.69 Å². The van der Waals surface area contributed by atoms with Crippen molar-refractivity contribution < 1.29 is 9.90 Å². The third kappa shape index (κ3) is 2.08. The molecule has 2 aromatic heterocycles. The summed E-state index contributed by atoms with van der Waals surface area (Å²) in [5, 5.41) is 13.5. The molecule has 3 rings (SSSR count). The van der Waals surface area contributed by atoms with E-state index >= 15 is 0 Å². The van der Waals surface area contributed by atoms with Gasteiger partial charge in [-0.2, -0.15) is 5.10 Å².